The lowest BCUT2D eigenvalue weighted by Gasteiger charge is -2.21. The van der Waals surface area contributed by atoms with Crippen molar-refractivity contribution < 1.29 is 9.53 Å². The van der Waals surface area contributed by atoms with Crippen molar-refractivity contribution in [2.24, 2.45) is 5.92 Å². The van der Waals surface area contributed by atoms with Crippen LogP contribution in [0.1, 0.15) is 30.8 Å². The molecule has 0 aliphatic heterocycles. The predicted octanol–water partition coefficient (Wildman–Crippen LogP) is 4.98. The summed E-state index contributed by atoms with van der Waals surface area (Å²) in [4.78, 5) is 23.4. The summed E-state index contributed by atoms with van der Waals surface area (Å²) in [6, 6.07) is 12.9. The molecule has 0 saturated carbocycles. The van der Waals surface area contributed by atoms with E-state index < -0.39 is 6.04 Å². The fourth-order valence-corrected chi connectivity index (χ4v) is 3.97. The van der Waals surface area contributed by atoms with Gasteiger partial charge in [-0.15, -0.1) is 11.3 Å². The molecular weight excluding hydrogens is 422 g/mol. The summed E-state index contributed by atoms with van der Waals surface area (Å²) in [6.07, 6.45) is 1.59. The van der Waals surface area contributed by atoms with Crippen LogP contribution in [0.5, 0.6) is 5.75 Å². The Morgan fingerprint density at radius 2 is 1.94 bits per heavy atom. The van der Waals surface area contributed by atoms with E-state index in [1.54, 1.807) is 18.4 Å². The van der Waals surface area contributed by atoms with Gasteiger partial charge in [0.15, 0.2) is 0 Å². The number of benzene rings is 1. The van der Waals surface area contributed by atoms with Crippen molar-refractivity contribution >= 4 is 34.7 Å². The fourth-order valence-electron chi connectivity index (χ4n) is 3.26. The van der Waals surface area contributed by atoms with Gasteiger partial charge in [0.05, 0.1) is 7.11 Å². The smallest absolute Gasteiger partial charge is 0.246 e. The molecule has 1 amide bonds. The topological polar surface area (TPSA) is 88.2 Å². The normalized spacial score (nSPS) is 11.8. The molecule has 0 fully saturated rings. The number of rotatable bonds is 11. The van der Waals surface area contributed by atoms with Gasteiger partial charge in [0.2, 0.25) is 11.9 Å². The zero-order chi connectivity index (χ0) is 22.9. The van der Waals surface area contributed by atoms with E-state index in [-0.39, 0.29) is 5.91 Å². The van der Waals surface area contributed by atoms with Crippen molar-refractivity contribution in [1.29, 1.82) is 0 Å². The second kappa shape index (κ2) is 11.5. The van der Waals surface area contributed by atoms with Crippen molar-refractivity contribution in [2.75, 3.05) is 29.6 Å². The van der Waals surface area contributed by atoms with Gasteiger partial charge in [-0.25, -0.2) is 4.98 Å². The lowest BCUT2D eigenvalue weighted by atomic mass is 10.0. The molecule has 0 bridgehead atoms. The van der Waals surface area contributed by atoms with E-state index in [1.165, 1.54) is 4.88 Å². The molecule has 7 nitrogen and oxygen atoms in total. The Morgan fingerprint density at radius 3 is 2.59 bits per heavy atom. The summed E-state index contributed by atoms with van der Waals surface area (Å²) >= 11 is 1.74. The van der Waals surface area contributed by atoms with E-state index in [9.17, 15) is 4.79 Å². The Morgan fingerprint density at radius 1 is 1.16 bits per heavy atom. The molecule has 3 aromatic rings. The number of nitrogens with one attached hydrogen (secondary N) is 3. The van der Waals surface area contributed by atoms with E-state index in [1.807, 2.05) is 37.3 Å². The maximum Gasteiger partial charge on any atom is 0.246 e. The van der Waals surface area contributed by atoms with Gasteiger partial charge < -0.3 is 20.7 Å². The van der Waals surface area contributed by atoms with E-state index in [0.717, 1.165) is 30.1 Å². The molecule has 1 atom stereocenters. The van der Waals surface area contributed by atoms with E-state index in [0.29, 0.717) is 24.1 Å². The quantitative estimate of drug-likeness (QED) is 0.380. The fraction of sp³-hybridized carbons (Fsp3) is 0.375. The van der Waals surface area contributed by atoms with Crippen molar-refractivity contribution in [3.63, 3.8) is 0 Å². The number of methoxy groups -OCH3 is 1. The molecule has 0 radical (unpaired) electrons. The predicted molar refractivity (Wildman–Crippen MR) is 132 cm³/mol. The van der Waals surface area contributed by atoms with Crippen LogP contribution in [-0.4, -0.2) is 35.6 Å². The molecule has 2 heterocycles. The number of thiophene rings is 1. The molecule has 0 aliphatic rings. The third-order valence-electron chi connectivity index (χ3n) is 4.79. The van der Waals surface area contributed by atoms with Crippen LogP contribution in [0.15, 0.2) is 47.8 Å². The maximum absolute atomic E-state index is 13.0. The maximum atomic E-state index is 13.0. The van der Waals surface area contributed by atoms with Crippen LogP contribution in [0, 0.1) is 12.8 Å². The number of hydrogen-bond acceptors (Lipinski definition) is 7. The highest BCUT2D eigenvalue weighted by Crippen LogP contribution is 2.19. The first-order valence-corrected chi connectivity index (χ1v) is 11.6. The van der Waals surface area contributed by atoms with Crippen molar-refractivity contribution in [1.82, 2.24) is 9.97 Å². The molecule has 3 rings (SSSR count). The summed E-state index contributed by atoms with van der Waals surface area (Å²) < 4.78 is 5.18. The van der Waals surface area contributed by atoms with Gasteiger partial charge in [-0.3, -0.25) is 4.79 Å². The minimum Gasteiger partial charge on any atom is -0.497 e. The first-order chi connectivity index (χ1) is 15.4. The lowest BCUT2D eigenvalue weighted by Crippen LogP contribution is -2.36. The van der Waals surface area contributed by atoms with Crippen LogP contribution in [-0.2, 0) is 11.2 Å². The van der Waals surface area contributed by atoms with Gasteiger partial charge in [0.1, 0.15) is 17.6 Å². The second-order valence-corrected chi connectivity index (χ2v) is 9.05. The standard InChI is InChI=1S/C24H31N5O2S/c1-16(2)14-21(23(30)27-18-7-9-19(31-4)10-8-18)28-22-15-17(3)26-24(29-22)25-12-11-20-6-5-13-32-20/h5-10,13,15-16,21H,11-12,14H2,1-4H3,(H,27,30)(H2,25,26,28,29)/t21-/m0/s1. The molecule has 0 unspecified atom stereocenters. The Bertz CT molecular complexity index is 990. The number of ether oxygens (including phenoxy) is 1. The molecule has 0 aliphatic carbocycles. The number of hydrogen-bond donors (Lipinski definition) is 3. The zero-order valence-corrected chi connectivity index (χ0v) is 19.8. The molecule has 170 valence electrons. The second-order valence-electron chi connectivity index (χ2n) is 8.02. The Hall–Kier alpha value is -3.13. The van der Waals surface area contributed by atoms with Crippen LogP contribution >= 0.6 is 11.3 Å². The van der Waals surface area contributed by atoms with Gasteiger partial charge in [0, 0.05) is 28.9 Å². The average molecular weight is 454 g/mol. The Labute approximate surface area is 193 Å². The number of aromatic nitrogens is 2. The third kappa shape index (κ3) is 7.23. The minimum atomic E-state index is -0.426. The lowest BCUT2D eigenvalue weighted by molar-refractivity contribution is -0.117. The van der Waals surface area contributed by atoms with Crippen LogP contribution in [0.25, 0.3) is 0 Å². The number of amides is 1. The van der Waals surface area contributed by atoms with E-state index >= 15 is 0 Å². The van der Waals surface area contributed by atoms with Gasteiger partial charge in [0.25, 0.3) is 0 Å². The van der Waals surface area contributed by atoms with E-state index in [2.05, 4.69) is 57.3 Å². The van der Waals surface area contributed by atoms with Crippen LogP contribution in [0.3, 0.4) is 0 Å². The summed E-state index contributed by atoms with van der Waals surface area (Å²) in [5, 5.41) is 11.7. The molecule has 32 heavy (non-hydrogen) atoms. The highest BCUT2D eigenvalue weighted by Gasteiger charge is 2.21. The number of carbonyl (C=O) groups excluding carboxylic acids is 1. The first-order valence-electron chi connectivity index (χ1n) is 10.8. The number of aryl methyl sites for hydroxylation is 1. The molecule has 1 aromatic carbocycles. The summed E-state index contributed by atoms with van der Waals surface area (Å²) in [7, 11) is 1.62. The molecule has 2 aromatic heterocycles. The Kier molecular flexibility index (Phi) is 8.44. The molecular formula is C24H31N5O2S. The van der Waals surface area contributed by atoms with Crippen LogP contribution in [0.4, 0.5) is 17.5 Å². The first kappa shape index (κ1) is 23.5. The molecule has 8 heteroatoms. The summed E-state index contributed by atoms with van der Waals surface area (Å²) in [5.41, 5.74) is 1.56. The van der Waals surface area contributed by atoms with E-state index in [4.69, 9.17) is 4.74 Å². The largest absolute Gasteiger partial charge is 0.497 e. The summed E-state index contributed by atoms with van der Waals surface area (Å²) in [5.74, 6) is 2.16. The van der Waals surface area contributed by atoms with Gasteiger partial charge in [-0.1, -0.05) is 19.9 Å². The average Bonchev–Trinajstić information content (AvgIpc) is 3.27. The Balaban J connectivity index is 1.66. The molecule has 0 spiro atoms. The number of nitrogens with zero attached hydrogens (tertiary/aromatic N) is 2. The van der Waals surface area contributed by atoms with Crippen molar-refractivity contribution in [2.45, 2.75) is 39.7 Å². The van der Waals surface area contributed by atoms with Crippen molar-refractivity contribution in [3.05, 3.63) is 58.4 Å². The van der Waals surface area contributed by atoms with Crippen LogP contribution < -0.4 is 20.7 Å². The number of anilines is 3. The highest BCUT2D eigenvalue weighted by molar-refractivity contribution is 7.09. The van der Waals surface area contributed by atoms with Gasteiger partial charge in [-0.2, -0.15) is 4.98 Å². The number of carbonyl (C=O) groups is 1. The zero-order valence-electron chi connectivity index (χ0n) is 19.0. The monoisotopic (exact) mass is 453 g/mol. The molecule has 0 saturated heterocycles. The van der Waals surface area contributed by atoms with Crippen molar-refractivity contribution in [3.8, 4) is 5.75 Å². The summed E-state index contributed by atoms with van der Waals surface area (Å²) in [6.45, 7) is 6.86. The highest BCUT2D eigenvalue weighted by atomic mass is 32.1. The molecule has 3 N–H and O–H groups in total. The van der Waals surface area contributed by atoms with Gasteiger partial charge in [-0.05, 0) is 61.4 Å². The minimum absolute atomic E-state index is 0.104. The van der Waals surface area contributed by atoms with Crippen LogP contribution in [0.2, 0.25) is 0 Å². The van der Waals surface area contributed by atoms with Gasteiger partial charge >= 0.3 is 0 Å². The SMILES string of the molecule is COc1ccc(NC(=O)[C@H](CC(C)C)Nc2cc(C)nc(NCCc3cccs3)n2)cc1. The third-order valence-corrected chi connectivity index (χ3v) is 5.73.